The molecule has 0 saturated heterocycles. The highest BCUT2D eigenvalue weighted by molar-refractivity contribution is 6.06. The Kier molecular flexibility index (Phi) is 3.83. The number of Topliss-reactive ketones (excluding diaryl/α,β-unsaturated/α-hetero) is 1. The molecule has 1 saturated carbocycles. The van der Waals surface area contributed by atoms with E-state index in [2.05, 4.69) is 0 Å². The van der Waals surface area contributed by atoms with E-state index in [0.29, 0.717) is 5.56 Å². The van der Waals surface area contributed by atoms with Crippen molar-refractivity contribution in [3.63, 3.8) is 0 Å². The molecule has 0 spiro atoms. The number of hydrogen-bond donors (Lipinski definition) is 0. The van der Waals surface area contributed by atoms with Crippen molar-refractivity contribution in [3.8, 4) is 0 Å². The smallest absolute Gasteiger partial charge is 0.411 e. The zero-order valence-electron chi connectivity index (χ0n) is 10.6. The summed E-state index contributed by atoms with van der Waals surface area (Å²) < 4.78 is 44.1. The molecule has 1 fully saturated rings. The van der Waals surface area contributed by atoms with Gasteiger partial charge in [-0.2, -0.15) is 13.2 Å². The van der Waals surface area contributed by atoms with E-state index >= 15 is 0 Å². The zero-order chi connectivity index (χ0) is 14.8. The summed E-state index contributed by atoms with van der Waals surface area (Å²) in [5.74, 6) is -2.58. The second-order valence-electron chi connectivity index (χ2n) is 4.74. The molecule has 0 amide bonds. The first kappa shape index (κ1) is 14.6. The van der Waals surface area contributed by atoms with Crippen molar-refractivity contribution in [1.82, 2.24) is 0 Å². The molecule has 3 nitrogen and oxygen atoms in total. The number of ketones is 1. The molecular weight excluding hydrogens is 273 g/mol. The van der Waals surface area contributed by atoms with Gasteiger partial charge in [-0.3, -0.25) is 9.59 Å². The zero-order valence-corrected chi connectivity index (χ0v) is 10.6. The molecule has 1 aromatic carbocycles. The molecule has 6 heteroatoms. The van der Waals surface area contributed by atoms with E-state index < -0.39 is 29.8 Å². The number of ether oxygens (including phenoxy) is 1. The van der Waals surface area contributed by atoms with Crippen LogP contribution in [0, 0.1) is 5.41 Å². The largest absolute Gasteiger partial charge is 0.460 e. The van der Waals surface area contributed by atoms with Gasteiger partial charge in [0.15, 0.2) is 5.78 Å². The van der Waals surface area contributed by atoms with Crippen molar-refractivity contribution in [2.24, 2.45) is 5.41 Å². The first-order valence-electron chi connectivity index (χ1n) is 6.19. The number of rotatable bonds is 3. The van der Waals surface area contributed by atoms with Crippen LogP contribution in [0.15, 0.2) is 30.3 Å². The second kappa shape index (κ2) is 5.26. The maximum atomic E-state index is 13.1. The predicted octanol–water partition coefficient (Wildman–Crippen LogP) is 3.03. The summed E-state index contributed by atoms with van der Waals surface area (Å²) in [6.07, 6.45) is -5.62. The van der Waals surface area contributed by atoms with Gasteiger partial charge >= 0.3 is 12.1 Å². The van der Waals surface area contributed by atoms with Crippen molar-refractivity contribution in [2.45, 2.75) is 32.0 Å². The lowest BCUT2D eigenvalue weighted by molar-refractivity contribution is -0.228. The lowest BCUT2D eigenvalue weighted by Crippen LogP contribution is -2.49. The van der Waals surface area contributed by atoms with Crippen LogP contribution in [-0.4, -0.2) is 17.9 Å². The van der Waals surface area contributed by atoms with Crippen LogP contribution in [0.1, 0.15) is 24.8 Å². The lowest BCUT2D eigenvalue weighted by atomic mass is 9.84. The number of esters is 1. The van der Waals surface area contributed by atoms with Crippen LogP contribution < -0.4 is 0 Å². The molecule has 0 heterocycles. The average molecular weight is 286 g/mol. The molecule has 20 heavy (non-hydrogen) atoms. The van der Waals surface area contributed by atoms with Crippen LogP contribution in [0.4, 0.5) is 13.2 Å². The maximum Gasteiger partial charge on any atom is 0.411 e. The summed E-state index contributed by atoms with van der Waals surface area (Å²) in [5.41, 5.74) is -2.40. The minimum atomic E-state index is -4.91. The first-order chi connectivity index (χ1) is 9.38. The average Bonchev–Trinajstić information content (AvgIpc) is 2.79. The third-order valence-corrected chi connectivity index (χ3v) is 3.48. The number of halogens is 3. The van der Waals surface area contributed by atoms with Gasteiger partial charge < -0.3 is 4.74 Å². The quantitative estimate of drug-likeness (QED) is 0.633. The standard InChI is InChI=1S/C14H13F3O3/c15-14(16,17)13(8-4-7-11(13)18)12(19)20-9-10-5-2-1-3-6-10/h1-3,5-6H,4,7-9H2/t13-/m1/s1. The minimum Gasteiger partial charge on any atom is -0.460 e. The molecule has 0 unspecified atom stereocenters. The number of benzene rings is 1. The van der Waals surface area contributed by atoms with Gasteiger partial charge in [0.25, 0.3) is 0 Å². The van der Waals surface area contributed by atoms with Gasteiger partial charge in [-0.1, -0.05) is 30.3 Å². The molecule has 0 radical (unpaired) electrons. The normalized spacial score (nSPS) is 22.9. The van der Waals surface area contributed by atoms with Crippen molar-refractivity contribution in [2.75, 3.05) is 0 Å². The second-order valence-corrected chi connectivity index (χ2v) is 4.74. The minimum absolute atomic E-state index is 0.0543. The molecule has 0 N–H and O–H groups in total. The van der Waals surface area contributed by atoms with Crippen LogP contribution >= 0.6 is 0 Å². The summed E-state index contributed by atoms with van der Waals surface area (Å²) in [6.45, 7) is -0.273. The van der Waals surface area contributed by atoms with E-state index in [4.69, 9.17) is 4.74 Å². The van der Waals surface area contributed by atoms with Gasteiger partial charge in [-0.05, 0) is 18.4 Å². The summed E-state index contributed by atoms with van der Waals surface area (Å²) in [6, 6.07) is 8.36. The van der Waals surface area contributed by atoms with E-state index in [1.807, 2.05) is 0 Å². The molecule has 1 aliphatic carbocycles. The van der Waals surface area contributed by atoms with E-state index in [1.54, 1.807) is 30.3 Å². The molecule has 1 aromatic rings. The van der Waals surface area contributed by atoms with Crippen LogP contribution in [0.25, 0.3) is 0 Å². The summed E-state index contributed by atoms with van der Waals surface area (Å²) in [4.78, 5) is 23.4. The van der Waals surface area contributed by atoms with Gasteiger partial charge in [0.2, 0.25) is 5.41 Å². The molecule has 2 rings (SSSR count). The topological polar surface area (TPSA) is 43.4 Å². The van der Waals surface area contributed by atoms with Crippen LogP contribution in [0.2, 0.25) is 0 Å². The SMILES string of the molecule is O=C1CCC[C@@]1(C(=O)OCc1ccccc1)C(F)(F)F. The summed E-state index contributed by atoms with van der Waals surface area (Å²) in [5, 5.41) is 0. The Labute approximate surface area is 113 Å². The maximum absolute atomic E-state index is 13.1. The first-order valence-corrected chi connectivity index (χ1v) is 6.19. The van der Waals surface area contributed by atoms with E-state index in [9.17, 15) is 22.8 Å². The Balaban J connectivity index is 2.15. The highest BCUT2D eigenvalue weighted by atomic mass is 19.4. The number of alkyl halides is 3. The van der Waals surface area contributed by atoms with Crippen LogP contribution in [0.5, 0.6) is 0 Å². The van der Waals surface area contributed by atoms with E-state index in [-0.39, 0.29) is 19.4 Å². The van der Waals surface area contributed by atoms with Crippen molar-refractivity contribution < 1.29 is 27.5 Å². The van der Waals surface area contributed by atoms with Gasteiger partial charge in [0, 0.05) is 6.42 Å². The molecule has 108 valence electrons. The molecule has 0 aliphatic heterocycles. The summed E-state index contributed by atoms with van der Waals surface area (Å²) >= 11 is 0. The third-order valence-electron chi connectivity index (χ3n) is 3.48. The molecule has 1 aliphatic rings. The monoisotopic (exact) mass is 286 g/mol. The van der Waals surface area contributed by atoms with E-state index in [0.717, 1.165) is 0 Å². The van der Waals surface area contributed by atoms with Crippen molar-refractivity contribution >= 4 is 11.8 Å². The van der Waals surface area contributed by atoms with Gasteiger partial charge in [-0.25, -0.2) is 0 Å². The number of carbonyl (C=O) groups excluding carboxylic acids is 2. The fourth-order valence-corrected chi connectivity index (χ4v) is 2.34. The van der Waals surface area contributed by atoms with E-state index in [1.165, 1.54) is 0 Å². The highest BCUT2D eigenvalue weighted by Crippen LogP contribution is 2.49. The van der Waals surface area contributed by atoms with Crippen LogP contribution in [0.3, 0.4) is 0 Å². The van der Waals surface area contributed by atoms with Crippen molar-refractivity contribution in [1.29, 1.82) is 0 Å². The fraction of sp³-hybridized carbons (Fsp3) is 0.429. The van der Waals surface area contributed by atoms with Gasteiger partial charge in [-0.15, -0.1) is 0 Å². The predicted molar refractivity (Wildman–Crippen MR) is 63.6 cm³/mol. The van der Waals surface area contributed by atoms with Gasteiger partial charge in [0.1, 0.15) is 6.61 Å². The molecule has 0 bridgehead atoms. The Morgan fingerprint density at radius 1 is 1.25 bits per heavy atom. The Hall–Kier alpha value is -1.85. The van der Waals surface area contributed by atoms with Gasteiger partial charge in [0.05, 0.1) is 0 Å². The number of hydrogen-bond acceptors (Lipinski definition) is 3. The fourth-order valence-electron chi connectivity index (χ4n) is 2.34. The lowest BCUT2D eigenvalue weighted by Gasteiger charge is -2.27. The Bertz CT molecular complexity index is 510. The Morgan fingerprint density at radius 3 is 2.40 bits per heavy atom. The molecular formula is C14H13F3O3. The third kappa shape index (κ3) is 2.42. The molecule has 1 atom stereocenters. The van der Waals surface area contributed by atoms with Crippen molar-refractivity contribution in [3.05, 3.63) is 35.9 Å². The molecule has 0 aromatic heterocycles. The Morgan fingerprint density at radius 2 is 1.90 bits per heavy atom. The summed E-state index contributed by atoms with van der Waals surface area (Å²) in [7, 11) is 0. The van der Waals surface area contributed by atoms with Crippen LogP contribution in [-0.2, 0) is 20.9 Å². The number of carbonyl (C=O) groups is 2. The highest BCUT2D eigenvalue weighted by Gasteiger charge is 2.67.